The van der Waals surface area contributed by atoms with E-state index in [-0.39, 0.29) is 37.7 Å². The molecule has 8 heteroatoms. The van der Waals surface area contributed by atoms with Crippen LogP contribution in [0.2, 0.25) is 0 Å². The van der Waals surface area contributed by atoms with E-state index in [9.17, 15) is 0 Å². The molecule has 0 aliphatic carbocycles. The van der Waals surface area contributed by atoms with Crippen LogP contribution in [0.3, 0.4) is 0 Å². The van der Waals surface area contributed by atoms with E-state index in [1.165, 1.54) is 0 Å². The molecule has 2 aliphatic heterocycles. The lowest BCUT2D eigenvalue weighted by Crippen LogP contribution is -2.41. The Balaban J connectivity index is 2.21. The van der Waals surface area contributed by atoms with Crippen LogP contribution in [-0.2, 0) is 18.6 Å². The van der Waals surface area contributed by atoms with Crippen LogP contribution < -0.4 is 0 Å². The van der Waals surface area contributed by atoms with Crippen molar-refractivity contribution in [3.63, 3.8) is 0 Å². The molecule has 2 heterocycles. The Bertz CT molecular complexity index is 456. The molecular weight excluding hydrogens is 317 g/mol. The van der Waals surface area contributed by atoms with E-state index in [0.29, 0.717) is 13.2 Å². The molecule has 0 spiro atoms. The highest BCUT2D eigenvalue weighted by molar-refractivity contribution is 7.44. The van der Waals surface area contributed by atoms with Crippen LogP contribution in [0.5, 0.6) is 0 Å². The van der Waals surface area contributed by atoms with Gasteiger partial charge >= 0.3 is 0 Å². The standard InChI is InChI=1S/C15H28N3O4P/c1-11(2)18(12(3)4)23(21-8-7-16)22-14-13-9-20-15(14,5)10-17(13)19-6/h11-14H,8-10H2,1-6H3/t13-,14-,15-,23?/m1/s1/i5D. The molecule has 4 atom stereocenters. The molecule has 0 aromatic heterocycles. The van der Waals surface area contributed by atoms with Crippen molar-refractivity contribution in [3.05, 3.63) is 0 Å². The zero-order chi connectivity index (χ0) is 17.9. The average Bonchev–Trinajstić information content (AvgIpc) is 3.04. The molecule has 2 rings (SSSR count). The Kier molecular flexibility index (Phi) is 5.87. The monoisotopic (exact) mass is 346 g/mol. The maximum Gasteiger partial charge on any atom is 0.260 e. The lowest BCUT2D eigenvalue weighted by molar-refractivity contribution is -0.191. The van der Waals surface area contributed by atoms with Crippen LogP contribution in [0, 0.1) is 11.3 Å². The Morgan fingerprint density at radius 1 is 1.48 bits per heavy atom. The predicted octanol–water partition coefficient (Wildman–Crippen LogP) is 2.29. The minimum atomic E-state index is -1.43. The van der Waals surface area contributed by atoms with Gasteiger partial charge in [0, 0.05) is 13.5 Å². The van der Waals surface area contributed by atoms with Gasteiger partial charge in [0.1, 0.15) is 18.3 Å². The van der Waals surface area contributed by atoms with E-state index < -0.39 is 14.1 Å². The molecule has 0 N–H and O–H groups in total. The number of hydroxylamine groups is 2. The van der Waals surface area contributed by atoms with Gasteiger partial charge in [-0.15, -0.1) is 0 Å². The number of ether oxygens (including phenoxy) is 1. The second-order valence-electron chi connectivity index (χ2n) is 6.46. The minimum Gasteiger partial charge on any atom is -0.369 e. The van der Waals surface area contributed by atoms with Crippen LogP contribution in [0.15, 0.2) is 0 Å². The summed E-state index contributed by atoms with van der Waals surface area (Å²) in [4.78, 5) is 5.41. The SMILES string of the molecule is [2H]C[C@]12CN(OC)[C@H](CO1)[C@H]2OP(OCC#N)N(C(C)C)C(C)C. The van der Waals surface area contributed by atoms with Gasteiger partial charge in [0.2, 0.25) is 0 Å². The summed E-state index contributed by atoms with van der Waals surface area (Å²) in [6.07, 6.45) is -0.306. The fourth-order valence-electron chi connectivity index (χ4n) is 3.19. The van der Waals surface area contributed by atoms with Gasteiger partial charge in [0.15, 0.2) is 0 Å². The maximum atomic E-state index is 8.91. The Morgan fingerprint density at radius 2 is 2.17 bits per heavy atom. The number of hydrogen-bond acceptors (Lipinski definition) is 7. The molecule has 7 nitrogen and oxygen atoms in total. The summed E-state index contributed by atoms with van der Waals surface area (Å²) in [5, 5.41) is 10.7. The van der Waals surface area contributed by atoms with Crippen molar-refractivity contribution in [1.29, 1.82) is 5.26 Å². The number of nitriles is 1. The molecule has 23 heavy (non-hydrogen) atoms. The van der Waals surface area contributed by atoms with Crippen LogP contribution >= 0.6 is 8.53 Å². The fraction of sp³-hybridized carbons (Fsp3) is 0.933. The van der Waals surface area contributed by atoms with Gasteiger partial charge in [-0.25, -0.2) is 4.67 Å². The number of rotatable bonds is 8. The third-order valence-electron chi connectivity index (χ3n) is 4.13. The zero-order valence-electron chi connectivity index (χ0n) is 15.6. The van der Waals surface area contributed by atoms with E-state index in [1.54, 1.807) is 7.11 Å². The lowest BCUT2D eigenvalue weighted by Gasteiger charge is -2.37. The number of hydrogen-bond donors (Lipinski definition) is 0. The first-order valence-corrected chi connectivity index (χ1v) is 9.02. The first kappa shape index (κ1) is 17.5. The van der Waals surface area contributed by atoms with Crippen molar-refractivity contribution in [2.45, 2.75) is 64.4 Å². The summed E-state index contributed by atoms with van der Waals surface area (Å²) < 4.78 is 28.1. The summed E-state index contributed by atoms with van der Waals surface area (Å²) in [5.41, 5.74) is -0.698. The summed E-state index contributed by atoms with van der Waals surface area (Å²) in [6, 6.07) is 2.38. The van der Waals surface area contributed by atoms with Crippen molar-refractivity contribution in [2.75, 3.05) is 26.9 Å². The van der Waals surface area contributed by atoms with E-state index in [0.717, 1.165) is 0 Å². The molecule has 0 aromatic carbocycles. The normalized spacial score (nSPS) is 32.7. The number of fused-ring (bicyclic) bond motifs is 2. The molecule has 0 radical (unpaired) electrons. The van der Waals surface area contributed by atoms with Gasteiger partial charge in [0.05, 0.1) is 32.4 Å². The van der Waals surface area contributed by atoms with Crippen molar-refractivity contribution in [3.8, 4) is 6.07 Å². The van der Waals surface area contributed by atoms with Gasteiger partial charge < -0.3 is 18.6 Å². The molecule has 1 unspecified atom stereocenters. The van der Waals surface area contributed by atoms with Crippen LogP contribution in [0.4, 0.5) is 0 Å². The number of nitrogens with zero attached hydrogens (tertiary/aromatic N) is 3. The van der Waals surface area contributed by atoms with Crippen molar-refractivity contribution in [1.82, 2.24) is 9.73 Å². The van der Waals surface area contributed by atoms with E-state index >= 15 is 0 Å². The molecule has 0 amide bonds. The van der Waals surface area contributed by atoms with Gasteiger partial charge in [0.25, 0.3) is 8.53 Å². The van der Waals surface area contributed by atoms with E-state index in [4.69, 9.17) is 25.3 Å². The predicted molar refractivity (Wildman–Crippen MR) is 87.3 cm³/mol. The summed E-state index contributed by atoms with van der Waals surface area (Å²) >= 11 is 0. The maximum absolute atomic E-state index is 8.91. The Labute approximate surface area is 141 Å². The molecule has 2 bridgehead atoms. The van der Waals surface area contributed by atoms with Gasteiger partial charge in [-0.2, -0.15) is 10.3 Å². The molecule has 2 aliphatic rings. The topological polar surface area (TPSA) is 67.2 Å². The van der Waals surface area contributed by atoms with E-state index in [2.05, 4.69) is 32.4 Å². The first-order chi connectivity index (χ1) is 11.4. The molecule has 0 aromatic rings. The van der Waals surface area contributed by atoms with Crippen molar-refractivity contribution >= 4 is 8.53 Å². The third kappa shape index (κ3) is 3.85. The smallest absolute Gasteiger partial charge is 0.260 e. The second kappa shape index (κ2) is 7.71. The summed E-state index contributed by atoms with van der Waals surface area (Å²) in [5.74, 6) is 0. The highest BCUT2D eigenvalue weighted by Gasteiger charge is 2.59. The Morgan fingerprint density at radius 3 is 2.70 bits per heavy atom. The van der Waals surface area contributed by atoms with Gasteiger partial charge in [-0.3, -0.25) is 0 Å². The zero-order valence-corrected chi connectivity index (χ0v) is 15.5. The largest absolute Gasteiger partial charge is 0.369 e. The fourth-order valence-corrected chi connectivity index (χ4v) is 4.95. The lowest BCUT2D eigenvalue weighted by atomic mass is 10.0. The minimum absolute atomic E-state index is 0.0260. The van der Waals surface area contributed by atoms with Gasteiger partial charge in [-0.1, -0.05) is 0 Å². The average molecular weight is 346 g/mol. The van der Waals surface area contributed by atoms with Crippen molar-refractivity contribution in [2.24, 2.45) is 0 Å². The molecule has 132 valence electrons. The van der Waals surface area contributed by atoms with Crippen LogP contribution in [-0.4, -0.2) is 66.4 Å². The summed E-state index contributed by atoms with van der Waals surface area (Å²) in [7, 11) is 0.194. The van der Waals surface area contributed by atoms with Crippen LogP contribution in [0.25, 0.3) is 0 Å². The quantitative estimate of drug-likeness (QED) is 0.625. The molecule has 2 fully saturated rings. The second-order valence-corrected chi connectivity index (χ2v) is 7.87. The van der Waals surface area contributed by atoms with E-state index in [1.807, 2.05) is 11.1 Å². The Hall–Kier alpha value is -0.320. The highest BCUT2D eigenvalue weighted by atomic mass is 31.2. The molecular formula is C15H28N3O4P. The third-order valence-corrected chi connectivity index (χ3v) is 6.19. The van der Waals surface area contributed by atoms with Gasteiger partial charge in [-0.05, 0) is 34.6 Å². The first-order valence-electron chi connectivity index (χ1n) is 8.60. The van der Waals surface area contributed by atoms with Crippen LogP contribution in [0.1, 0.15) is 36.0 Å². The summed E-state index contributed by atoms with van der Waals surface area (Å²) in [6.45, 7) is 9.37. The van der Waals surface area contributed by atoms with Crippen molar-refractivity contribution < 1.29 is 20.0 Å². The number of morpholine rings is 1. The highest BCUT2D eigenvalue weighted by Crippen LogP contribution is 2.52. The molecule has 2 saturated heterocycles. The molecule has 0 saturated carbocycles.